The second kappa shape index (κ2) is 8.73. The number of primary amides is 1. The number of nitrogens with one attached hydrogen (secondary N) is 1. The number of amides is 4. The van der Waals surface area contributed by atoms with Crippen LogP contribution in [-0.2, 0) is 13.1 Å². The van der Waals surface area contributed by atoms with Crippen molar-refractivity contribution in [3.63, 3.8) is 0 Å². The zero-order valence-electron chi connectivity index (χ0n) is 20.9. The van der Waals surface area contributed by atoms with Crippen molar-refractivity contribution in [1.82, 2.24) is 19.7 Å². The van der Waals surface area contributed by atoms with E-state index >= 15 is 0 Å². The lowest BCUT2D eigenvalue weighted by atomic mass is 9.96. The standard InChI is InChI=1S/C27H35N5O3/c1-27(2,3)29-26(35)31-14-15-32-20(16-31)22(24(28)33)21(23(32)18-8-9-18)17-6-10-19(11-7-17)25(34)30-12-4-5-13-30/h6-7,10-11,18H,4-5,8-9,12-16H2,1-3H3,(H2,28,33)(H,29,35). The van der Waals surface area contributed by atoms with Crippen LogP contribution in [0.25, 0.3) is 11.1 Å². The van der Waals surface area contributed by atoms with E-state index in [0.717, 1.165) is 61.3 Å². The van der Waals surface area contributed by atoms with E-state index < -0.39 is 5.91 Å². The quantitative estimate of drug-likeness (QED) is 0.702. The molecule has 2 fully saturated rings. The zero-order chi connectivity index (χ0) is 24.9. The Morgan fingerprint density at radius 1 is 0.943 bits per heavy atom. The molecule has 2 aromatic rings. The second-order valence-electron chi connectivity index (χ2n) is 11.1. The fourth-order valence-electron chi connectivity index (χ4n) is 5.38. The maximum absolute atomic E-state index is 12.9. The molecule has 8 nitrogen and oxygen atoms in total. The van der Waals surface area contributed by atoms with Gasteiger partial charge in [0.2, 0.25) is 0 Å². The van der Waals surface area contributed by atoms with E-state index in [1.807, 2.05) is 49.9 Å². The minimum absolute atomic E-state index is 0.0586. The number of carbonyl (C=O) groups excluding carboxylic acids is 3. The molecular formula is C27H35N5O3. The number of carbonyl (C=O) groups is 3. The van der Waals surface area contributed by atoms with Gasteiger partial charge in [0, 0.05) is 48.5 Å². The molecule has 8 heteroatoms. The Labute approximate surface area is 206 Å². The third-order valence-corrected chi connectivity index (χ3v) is 7.14. The fraction of sp³-hybridized carbons (Fsp3) is 0.519. The second-order valence-corrected chi connectivity index (χ2v) is 11.1. The fourth-order valence-corrected chi connectivity index (χ4v) is 5.38. The molecule has 0 unspecified atom stereocenters. The van der Waals surface area contributed by atoms with Crippen LogP contribution in [0.3, 0.4) is 0 Å². The maximum atomic E-state index is 12.9. The van der Waals surface area contributed by atoms with Crippen LogP contribution in [0.1, 0.15) is 84.5 Å². The van der Waals surface area contributed by atoms with Crippen molar-refractivity contribution in [2.24, 2.45) is 5.73 Å². The minimum Gasteiger partial charge on any atom is -0.366 e. The zero-order valence-corrected chi connectivity index (χ0v) is 20.9. The van der Waals surface area contributed by atoms with Crippen LogP contribution in [0.4, 0.5) is 4.79 Å². The van der Waals surface area contributed by atoms with Crippen LogP contribution in [0.15, 0.2) is 24.3 Å². The summed E-state index contributed by atoms with van der Waals surface area (Å²) in [6.07, 6.45) is 4.26. The van der Waals surface area contributed by atoms with Gasteiger partial charge in [0.1, 0.15) is 0 Å². The summed E-state index contributed by atoms with van der Waals surface area (Å²) in [6, 6.07) is 7.45. The highest BCUT2D eigenvalue weighted by atomic mass is 16.2. The maximum Gasteiger partial charge on any atom is 0.318 e. The average molecular weight is 478 g/mol. The first-order valence-electron chi connectivity index (χ1n) is 12.7. The summed E-state index contributed by atoms with van der Waals surface area (Å²) in [7, 11) is 0. The van der Waals surface area contributed by atoms with Gasteiger partial charge in [0.25, 0.3) is 11.8 Å². The van der Waals surface area contributed by atoms with Crippen molar-refractivity contribution >= 4 is 17.8 Å². The lowest BCUT2D eigenvalue weighted by Gasteiger charge is -2.33. The van der Waals surface area contributed by atoms with Gasteiger partial charge in [0.05, 0.1) is 17.8 Å². The average Bonchev–Trinajstić information content (AvgIpc) is 3.37. The number of nitrogens with zero attached hydrogens (tertiary/aromatic N) is 3. The van der Waals surface area contributed by atoms with Gasteiger partial charge in [-0.2, -0.15) is 0 Å². The molecule has 5 rings (SSSR count). The van der Waals surface area contributed by atoms with Crippen LogP contribution >= 0.6 is 0 Å². The molecule has 3 N–H and O–H groups in total. The highest BCUT2D eigenvalue weighted by Crippen LogP contribution is 2.48. The number of benzene rings is 1. The molecule has 0 bridgehead atoms. The number of hydrogen-bond donors (Lipinski definition) is 2. The highest BCUT2D eigenvalue weighted by Gasteiger charge is 2.38. The van der Waals surface area contributed by atoms with Crippen molar-refractivity contribution < 1.29 is 14.4 Å². The molecule has 4 amide bonds. The Balaban J connectivity index is 1.52. The Hall–Kier alpha value is -3.29. The summed E-state index contributed by atoms with van der Waals surface area (Å²) in [6.45, 7) is 9.02. The van der Waals surface area contributed by atoms with E-state index in [2.05, 4.69) is 9.88 Å². The van der Waals surface area contributed by atoms with Crippen LogP contribution in [0, 0.1) is 0 Å². The SMILES string of the molecule is CC(C)(C)NC(=O)N1CCn2c(c(C(N)=O)c(-c3ccc(C(=O)N4CCCC4)cc3)c2C2CC2)C1. The third-order valence-electron chi connectivity index (χ3n) is 7.14. The molecular weight excluding hydrogens is 442 g/mol. The normalized spacial score (nSPS) is 17.9. The van der Waals surface area contributed by atoms with Gasteiger partial charge < -0.3 is 25.4 Å². The number of likely N-dealkylation sites (tertiary alicyclic amines) is 1. The van der Waals surface area contributed by atoms with Crippen molar-refractivity contribution in [3.05, 3.63) is 46.8 Å². The molecule has 3 aliphatic rings. The smallest absolute Gasteiger partial charge is 0.318 e. The Bertz CT molecular complexity index is 1160. The van der Waals surface area contributed by atoms with Gasteiger partial charge in [-0.05, 0) is 70.1 Å². The number of urea groups is 1. The van der Waals surface area contributed by atoms with Gasteiger partial charge in [-0.15, -0.1) is 0 Å². The van der Waals surface area contributed by atoms with Crippen molar-refractivity contribution in [1.29, 1.82) is 0 Å². The topological polar surface area (TPSA) is 101 Å². The van der Waals surface area contributed by atoms with Crippen LogP contribution in [-0.4, -0.2) is 57.4 Å². The molecule has 186 valence electrons. The summed E-state index contributed by atoms with van der Waals surface area (Å²) < 4.78 is 2.22. The highest BCUT2D eigenvalue weighted by molar-refractivity contribution is 6.03. The first kappa shape index (κ1) is 23.5. The Kier molecular flexibility index (Phi) is 5.85. The Morgan fingerprint density at radius 3 is 2.17 bits per heavy atom. The molecule has 1 aromatic heterocycles. The van der Waals surface area contributed by atoms with E-state index in [1.165, 1.54) is 0 Å². The van der Waals surface area contributed by atoms with Gasteiger partial charge in [-0.1, -0.05) is 12.1 Å². The molecule has 1 saturated heterocycles. The summed E-state index contributed by atoms with van der Waals surface area (Å²) in [5.74, 6) is -0.0353. The van der Waals surface area contributed by atoms with Crippen LogP contribution in [0.2, 0.25) is 0 Å². The molecule has 3 heterocycles. The summed E-state index contributed by atoms with van der Waals surface area (Å²) in [5, 5.41) is 3.02. The van der Waals surface area contributed by atoms with E-state index in [9.17, 15) is 14.4 Å². The molecule has 1 saturated carbocycles. The summed E-state index contributed by atoms with van der Waals surface area (Å²) in [4.78, 5) is 42.2. The third kappa shape index (κ3) is 4.54. The van der Waals surface area contributed by atoms with Crippen LogP contribution in [0.5, 0.6) is 0 Å². The van der Waals surface area contributed by atoms with Crippen LogP contribution < -0.4 is 11.1 Å². The monoisotopic (exact) mass is 477 g/mol. The van der Waals surface area contributed by atoms with Gasteiger partial charge in [-0.3, -0.25) is 9.59 Å². The molecule has 0 radical (unpaired) electrons. The predicted molar refractivity (Wildman–Crippen MR) is 134 cm³/mol. The van der Waals surface area contributed by atoms with Gasteiger partial charge >= 0.3 is 6.03 Å². The lowest BCUT2D eigenvalue weighted by molar-refractivity contribution is 0.0792. The van der Waals surface area contributed by atoms with E-state index in [4.69, 9.17) is 5.73 Å². The molecule has 0 atom stereocenters. The number of aromatic nitrogens is 1. The van der Waals surface area contributed by atoms with Crippen molar-refractivity contribution in [2.75, 3.05) is 19.6 Å². The largest absolute Gasteiger partial charge is 0.366 e. The molecule has 1 aliphatic carbocycles. The van der Waals surface area contributed by atoms with E-state index in [0.29, 0.717) is 36.7 Å². The summed E-state index contributed by atoms with van der Waals surface area (Å²) >= 11 is 0. The molecule has 2 aliphatic heterocycles. The summed E-state index contributed by atoms with van der Waals surface area (Å²) in [5.41, 5.74) is 10.5. The number of nitrogens with two attached hydrogens (primary N) is 1. The number of hydrogen-bond acceptors (Lipinski definition) is 3. The van der Waals surface area contributed by atoms with E-state index in [1.54, 1.807) is 4.90 Å². The minimum atomic E-state index is -0.481. The van der Waals surface area contributed by atoms with E-state index in [-0.39, 0.29) is 17.5 Å². The van der Waals surface area contributed by atoms with Crippen molar-refractivity contribution in [3.8, 4) is 11.1 Å². The Morgan fingerprint density at radius 2 is 1.60 bits per heavy atom. The molecule has 1 aromatic carbocycles. The number of rotatable bonds is 4. The molecule has 0 spiro atoms. The van der Waals surface area contributed by atoms with Crippen molar-refractivity contribution in [2.45, 2.75) is 71.0 Å². The van der Waals surface area contributed by atoms with Gasteiger partial charge in [-0.25, -0.2) is 4.79 Å². The molecule has 35 heavy (non-hydrogen) atoms. The van der Waals surface area contributed by atoms with Gasteiger partial charge in [0.15, 0.2) is 0 Å². The first-order valence-corrected chi connectivity index (χ1v) is 12.7. The lowest BCUT2D eigenvalue weighted by Crippen LogP contribution is -2.50. The predicted octanol–water partition coefficient (Wildman–Crippen LogP) is 3.69. The number of fused-ring (bicyclic) bond motifs is 1. The first-order chi connectivity index (χ1) is 16.6.